The van der Waals surface area contributed by atoms with Crippen molar-refractivity contribution in [2.45, 2.75) is 38.6 Å². The number of likely N-dealkylation sites (tertiary alicyclic amines) is 1. The highest BCUT2D eigenvalue weighted by Gasteiger charge is 2.33. The van der Waals surface area contributed by atoms with E-state index in [1.165, 1.54) is 5.69 Å². The number of hydrogen-bond donors (Lipinski definition) is 0. The molecule has 1 amide bonds. The van der Waals surface area contributed by atoms with Crippen molar-refractivity contribution >= 4 is 5.91 Å². The molecule has 2 aliphatic heterocycles. The molecule has 0 spiro atoms. The van der Waals surface area contributed by atoms with Gasteiger partial charge in [-0.3, -0.25) is 14.4 Å². The van der Waals surface area contributed by atoms with E-state index >= 15 is 0 Å². The normalized spacial score (nSPS) is 18.7. The molecule has 0 atom stereocenters. The van der Waals surface area contributed by atoms with E-state index in [1.807, 2.05) is 25.7 Å². The highest BCUT2D eigenvalue weighted by molar-refractivity contribution is 5.78. The maximum atomic E-state index is 12.5. The number of amides is 1. The van der Waals surface area contributed by atoms with Crippen LogP contribution in [0.1, 0.15) is 41.9 Å². The first-order valence-electron chi connectivity index (χ1n) is 10.4. The lowest BCUT2D eigenvalue weighted by atomic mass is 9.99. The molecule has 4 rings (SSSR count). The van der Waals surface area contributed by atoms with Crippen LogP contribution in [0, 0.1) is 12.8 Å². The number of aryl methyl sites for hydroxylation is 2. The van der Waals surface area contributed by atoms with Crippen LogP contribution in [-0.4, -0.2) is 75.5 Å². The minimum absolute atomic E-state index is 0.0822. The summed E-state index contributed by atoms with van der Waals surface area (Å²) in [5.41, 5.74) is 2.26. The summed E-state index contributed by atoms with van der Waals surface area (Å²) < 4.78 is 12.8. The summed E-state index contributed by atoms with van der Waals surface area (Å²) in [5, 5.41) is 8.51. The summed E-state index contributed by atoms with van der Waals surface area (Å²) in [6.45, 7) is 6.67. The molecule has 2 aromatic rings. The Hall–Kier alpha value is -2.26. The third-order valence-electron chi connectivity index (χ3n) is 5.89. The zero-order valence-electron chi connectivity index (χ0n) is 17.5. The van der Waals surface area contributed by atoms with Gasteiger partial charge in [0.1, 0.15) is 0 Å². The molecule has 0 saturated carbocycles. The van der Waals surface area contributed by atoms with E-state index in [4.69, 9.17) is 9.26 Å². The van der Waals surface area contributed by atoms with Crippen molar-refractivity contribution < 1.29 is 14.1 Å². The first kappa shape index (κ1) is 20.0. The van der Waals surface area contributed by atoms with E-state index in [1.54, 1.807) is 4.90 Å². The largest absolute Gasteiger partial charge is 0.381 e. The Kier molecular flexibility index (Phi) is 5.96. The lowest BCUT2D eigenvalue weighted by molar-refractivity contribution is -0.137. The number of carbonyl (C=O) groups excluding carboxylic acids is 1. The zero-order chi connectivity index (χ0) is 20.4. The van der Waals surface area contributed by atoms with Crippen molar-refractivity contribution in [1.29, 1.82) is 0 Å². The van der Waals surface area contributed by atoms with Gasteiger partial charge in [0.25, 0.3) is 0 Å². The molecular weight excluding hydrogens is 372 g/mol. The molecule has 9 nitrogen and oxygen atoms in total. The van der Waals surface area contributed by atoms with Gasteiger partial charge < -0.3 is 14.2 Å². The molecule has 29 heavy (non-hydrogen) atoms. The van der Waals surface area contributed by atoms with Crippen molar-refractivity contribution in [3.8, 4) is 0 Å². The molecule has 2 fully saturated rings. The zero-order valence-corrected chi connectivity index (χ0v) is 17.5. The third-order valence-corrected chi connectivity index (χ3v) is 5.89. The minimum atomic E-state index is 0.0822. The standard InChI is InChI=1S/C20H30N6O3/c1-14-10-17(25(3)22-14)13-26-11-16(12-26)19-21-18(23-29-19)4-7-24(2)20(27)15-5-8-28-9-6-15/h10,15-16H,4-9,11-13H2,1-3H3. The molecular formula is C20H30N6O3. The predicted molar refractivity (Wildman–Crippen MR) is 105 cm³/mol. The summed E-state index contributed by atoms with van der Waals surface area (Å²) >= 11 is 0. The fourth-order valence-electron chi connectivity index (χ4n) is 4.07. The number of rotatable bonds is 7. The van der Waals surface area contributed by atoms with Crippen LogP contribution in [0.5, 0.6) is 0 Å². The van der Waals surface area contributed by atoms with E-state index < -0.39 is 0 Å². The van der Waals surface area contributed by atoms with Gasteiger partial charge in [-0.05, 0) is 25.8 Å². The summed E-state index contributed by atoms with van der Waals surface area (Å²) in [4.78, 5) is 21.2. The summed E-state index contributed by atoms with van der Waals surface area (Å²) in [7, 11) is 3.83. The number of likely N-dealkylation sites (N-methyl/N-ethyl adjacent to an activating group) is 1. The van der Waals surface area contributed by atoms with Crippen molar-refractivity contribution in [2.75, 3.05) is 39.9 Å². The van der Waals surface area contributed by atoms with Crippen LogP contribution in [0.3, 0.4) is 0 Å². The van der Waals surface area contributed by atoms with Gasteiger partial charge in [-0.1, -0.05) is 5.16 Å². The average molecular weight is 402 g/mol. The van der Waals surface area contributed by atoms with Crippen LogP contribution in [0.2, 0.25) is 0 Å². The average Bonchev–Trinajstić information content (AvgIpc) is 3.28. The Morgan fingerprint density at radius 2 is 2.07 bits per heavy atom. The number of aromatic nitrogens is 4. The molecule has 0 aromatic carbocycles. The van der Waals surface area contributed by atoms with Gasteiger partial charge in [0.2, 0.25) is 11.8 Å². The lowest BCUT2D eigenvalue weighted by Gasteiger charge is -2.36. The lowest BCUT2D eigenvalue weighted by Crippen LogP contribution is -2.44. The van der Waals surface area contributed by atoms with Crippen LogP contribution in [-0.2, 0) is 29.5 Å². The Balaban J connectivity index is 1.22. The molecule has 158 valence electrons. The van der Waals surface area contributed by atoms with E-state index in [0.29, 0.717) is 37.9 Å². The number of carbonyl (C=O) groups is 1. The van der Waals surface area contributed by atoms with Gasteiger partial charge in [-0.15, -0.1) is 0 Å². The second-order valence-electron chi connectivity index (χ2n) is 8.24. The van der Waals surface area contributed by atoms with Crippen LogP contribution in [0.4, 0.5) is 0 Å². The summed E-state index contributed by atoms with van der Waals surface area (Å²) in [5.74, 6) is 1.94. The van der Waals surface area contributed by atoms with Gasteiger partial charge in [-0.2, -0.15) is 10.1 Å². The van der Waals surface area contributed by atoms with Crippen molar-refractivity contribution in [1.82, 2.24) is 29.7 Å². The quantitative estimate of drug-likeness (QED) is 0.686. The van der Waals surface area contributed by atoms with Gasteiger partial charge >= 0.3 is 0 Å². The second kappa shape index (κ2) is 8.62. The van der Waals surface area contributed by atoms with Crippen LogP contribution < -0.4 is 0 Å². The summed E-state index contributed by atoms with van der Waals surface area (Å²) in [6, 6.07) is 2.12. The van der Waals surface area contributed by atoms with Gasteiger partial charge in [0.05, 0.1) is 17.3 Å². The molecule has 2 aliphatic rings. The van der Waals surface area contributed by atoms with Crippen LogP contribution in [0.25, 0.3) is 0 Å². The smallest absolute Gasteiger partial charge is 0.232 e. The number of nitrogens with zero attached hydrogens (tertiary/aromatic N) is 6. The monoisotopic (exact) mass is 402 g/mol. The topological polar surface area (TPSA) is 89.5 Å². The summed E-state index contributed by atoms with van der Waals surface area (Å²) in [6.07, 6.45) is 2.23. The number of hydrogen-bond acceptors (Lipinski definition) is 7. The minimum Gasteiger partial charge on any atom is -0.381 e. The van der Waals surface area contributed by atoms with Crippen LogP contribution >= 0.6 is 0 Å². The van der Waals surface area contributed by atoms with Gasteiger partial charge in [0.15, 0.2) is 5.82 Å². The maximum Gasteiger partial charge on any atom is 0.232 e. The molecule has 2 aromatic heterocycles. The molecule has 0 bridgehead atoms. The molecule has 0 aliphatic carbocycles. The Bertz CT molecular complexity index is 835. The molecule has 2 saturated heterocycles. The first-order chi connectivity index (χ1) is 14.0. The Morgan fingerprint density at radius 3 is 2.76 bits per heavy atom. The fourth-order valence-corrected chi connectivity index (χ4v) is 4.07. The van der Waals surface area contributed by atoms with Crippen molar-refractivity contribution in [2.24, 2.45) is 13.0 Å². The van der Waals surface area contributed by atoms with Crippen LogP contribution in [0.15, 0.2) is 10.6 Å². The van der Waals surface area contributed by atoms with Gasteiger partial charge in [0, 0.05) is 65.8 Å². The molecule has 0 radical (unpaired) electrons. The molecule has 0 N–H and O–H groups in total. The SMILES string of the molecule is Cc1cc(CN2CC(c3nc(CCN(C)C(=O)C4CCOCC4)no3)C2)n(C)n1. The van der Waals surface area contributed by atoms with Crippen molar-refractivity contribution in [3.05, 3.63) is 29.2 Å². The van der Waals surface area contributed by atoms with E-state index in [0.717, 1.165) is 38.2 Å². The van der Waals surface area contributed by atoms with E-state index in [9.17, 15) is 4.79 Å². The fraction of sp³-hybridized carbons (Fsp3) is 0.700. The van der Waals surface area contributed by atoms with E-state index in [-0.39, 0.29) is 17.7 Å². The predicted octanol–water partition coefficient (Wildman–Crippen LogP) is 1.14. The molecule has 0 unspecified atom stereocenters. The van der Waals surface area contributed by atoms with Gasteiger partial charge in [-0.25, -0.2) is 0 Å². The third kappa shape index (κ3) is 4.67. The molecule has 4 heterocycles. The maximum absolute atomic E-state index is 12.5. The Morgan fingerprint density at radius 1 is 1.31 bits per heavy atom. The number of ether oxygens (including phenoxy) is 1. The highest BCUT2D eigenvalue weighted by Crippen LogP contribution is 2.27. The Labute approximate surface area is 171 Å². The molecule has 9 heteroatoms. The second-order valence-corrected chi connectivity index (χ2v) is 8.24. The van der Waals surface area contributed by atoms with Crippen molar-refractivity contribution in [3.63, 3.8) is 0 Å². The van der Waals surface area contributed by atoms with E-state index in [2.05, 4.69) is 26.2 Å². The first-order valence-corrected chi connectivity index (χ1v) is 10.4. The highest BCUT2D eigenvalue weighted by atomic mass is 16.5.